The van der Waals surface area contributed by atoms with Gasteiger partial charge in [-0.25, -0.2) is 0 Å². The van der Waals surface area contributed by atoms with Gasteiger partial charge in [0, 0.05) is 12.5 Å². The standard InChI is InChI=1S/C15H24N2O3/c1-4-9-17-15(2,14(16)18)8-10-20-13-7-5-6-12(11-13)19-3/h5-7,11,17H,4,8-10H2,1-3H3,(H2,16,18). The third-order valence-corrected chi connectivity index (χ3v) is 3.22. The van der Waals surface area contributed by atoms with Crippen LogP contribution < -0.4 is 20.5 Å². The Balaban J connectivity index is 2.53. The fourth-order valence-corrected chi connectivity index (χ4v) is 1.76. The van der Waals surface area contributed by atoms with Crippen molar-refractivity contribution in [2.75, 3.05) is 20.3 Å². The molecule has 0 radical (unpaired) electrons. The molecule has 0 saturated heterocycles. The normalized spacial score (nSPS) is 13.6. The van der Waals surface area contributed by atoms with Gasteiger partial charge in [-0.2, -0.15) is 0 Å². The minimum Gasteiger partial charge on any atom is -0.497 e. The lowest BCUT2D eigenvalue weighted by molar-refractivity contribution is -0.124. The number of amides is 1. The number of ether oxygens (including phenoxy) is 2. The maximum absolute atomic E-state index is 11.6. The number of nitrogens with two attached hydrogens (primary N) is 1. The fourth-order valence-electron chi connectivity index (χ4n) is 1.76. The first-order valence-corrected chi connectivity index (χ1v) is 6.83. The van der Waals surface area contributed by atoms with Crippen LogP contribution >= 0.6 is 0 Å². The van der Waals surface area contributed by atoms with Crippen LogP contribution in [0.4, 0.5) is 0 Å². The third kappa shape index (κ3) is 4.74. The first-order valence-electron chi connectivity index (χ1n) is 6.83. The van der Waals surface area contributed by atoms with Crippen LogP contribution in [0.1, 0.15) is 26.7 Å². The lowest BCUT2D eigenvalue weighted by atomic mass is 9.97. The summed E-state index contributed by atoms with van der Waals surface area (Å²) in [5.74, 6) is 1.09. The first-order chi connectivity index (χ1) is 9.51. The molecule has 112 valence electrons. The van der Waals surface area contributed by atoms with E-state index in [-0.39, 0.29) is 5.91 Å². The van der Waals surface area contributed by atoms with Crippen LogP contribution in [0, 0.1) is 0 Å². The maximum Gasteiger partial charge on any atom is 0.237 e. The number of rotatable bonds is 9. The highest BCUT2D eigenvalue weighted by molar-refractivity contribution is 5.84. The van der Waals surface area contributed by atoms with Crippen LogP contribution in [0.15, 0.2) is 24.3 Å². The van der Waals surface area contributed by atoms with Crippen molar-refractivity contribution in [3.05, 3.63) is 24.3 Å². The number of carbonyl (C=O) groups excluding carboxylic acids is 1. The van der Waals surface area contributed by atoms with E-state index >= 15 is 0 Å². The summed E-state index contributed by atoms with van der Waals surface area (Å²) in [6.45, 7) is 5.00. The number of primary amides is 1. The van der Waals surface area contributed by atoms with Gasteiger partial charge in [0.1, 0.15) is 11.5 Å². The average molecular weight is 280 g/mol. The summed E-state index contributed by atoms with van der Waals surface area (Å²) in [5.41, 5.74) is 4.72. The van der Waals surface area contributed by atoms with Crippen molar-refractivity contribution in [3.8, 4) is 11.5 Å². The zero-order valence-electron chi connectivity index (χ0n) is 12.4. The molecule has 0 bridgehead atoms. The zero-order valence-corrected chi connectivity index (χ0v) is 12.4. The van der Waals surface area contributed by atoms with Gasteiger partial charge in [0.15, 0.2) is 0 Å². The van der Waals surface area contributed by atoms with Gasteiger partial charge in [0.25, 0.3) is 0 Å². The predicted molar refractivity (Wildman–Crippen MR) is 79.0 cm³/mol. The van der Waals surface area contributed by atoms with Gasteiger partial charge in [-0.15, -0.1) is 0 Å². The Hall–Kier alpha value is -1.75. The van der Waals surface area contributed by atoms with Gasteiger partial charge >= 0.3 is 0 Å². The highest BCUT2D eigenvalue weighted by Crippen LogP contribution is 2.19. The quantitative estimate of drug-likeness (QED) is 0.722. The number of nitrogens with one attached hydrogen (secondary N) is 1. The summed E-state index contributed by atoms with van der Waals surface area (Å²) < 4.78 is 10.8. The molecule has 0 aliphatic rings. The van der Waals surface area contributed by atoms with E-state index in [1.54, 1.807) is 20.1 Å². The van der Waals surface area contributed by atoms with E-state index in [9.17, 15) is 4.79 Å². The van der Waals surface area contributed by atoms with Gasteiger partial charge in [-0.3, -0.25) is 4.79 Å². The van der Waals surface area contributed by atoms with Gasteiger partial charge in [-0.05, 0) is 32.0 Å². The Bertz CT molecular complexity index is 437. The summed E-state index contributed by atoms with van der Waals surface area (Å²) in [6, 6.07) is 7.37. The molecule has 3 N–H and O–H groups in total. The van der Waals surface area contributed by atoms with Crippen LogP contribution in [0.5, 0.6) is 11.5 Å². The molecule has 0 aliphatic carbocycles. The Morgan fingerprint density at radius 2 is 2.10 bits per heavy atom. The summed E-state index contributed by atoms with van der Waals surface area (Å²) in [6.07, 6.45) is 1.46. The van der Waals surface area contributed by atoms with Crippen LogP contribution in [0.2, 0.25) is 0 Å². The van der Waals surface area contributed by atoms with Crippen molar-refractivity contribution in [1.82, 2.24) is 5.32 Å². The summed E-state index contributed by atoms with van der Waals surface area (Å²) >= 11 is 0. The minimum atomic E-state index is -0.741. The van der Waals surface area contributed by atoms with E-state index in [2.05, 4.69) is 5.32 Å². The van der Waals surface area contributed by atoms with Crippen LogP contribution in [0.25, 0.3) is 0 Å². The molecular formula is C15H24N2O3. The molecule has 0 heterocycles. The van der Waals surface area contributed by atoms with Crippen molar-refractivity contribution in [1.29, 1.82) is 0 Å². The number of carbonyl (C=O) groups is 1. The maximum atomic E-state index is 11.6. The second kappa shape index (κ2) is 7.75. The number of hydrogen-bond donors (Lipinski definition) is 2. The molecule has 0 spiro atoms. The molecule has 1 rings (SSSR count). The lowest BCUT2D eigenvalue weighted by Crippen LogP contribution is -2.54. The Kier molecular flexibility index (Phi) is 6.31. The molecule has 1 unspecified atom stereocenters. The second-order valence-corrected chi connectivity index (χ2v) is 4.90. The Morgan fingerprint density at radius 3 is 2.70 bits per heavy atom. The summed E-state index contributed by atoms with van der Waals surface area (Å²) in [7, 11) is 1.61. The van der Waals surface area contributed by atoms with E-state index in [0.29, 0.717) is 18.8 Å². The molecule has 1 aromatic carbocycles. The second-order valence-electron chi connectivity index (χ2n) is 4.90. The molecule has 1 amide bonds. The Labute approximate surface area is 120 Å². The lowest BCUT2D eigenvalue weighted by Gasteiger charge is -2.27. The number of methoxy groups -OCH3 is 1. The summed E-state index contributed by atoms with van der Waals surface area (Å²) in [5, 5.41) is 3.17. The molecule has 20 heavy (non-hydrogen) atoms. The monoisotopic (exact) mass is 280 g/mol. The molecule has 1 atom stereocenters. The van der Waals surface area contributed by atoms with Crippen molar-refractivity contribution >= 4 is 5.91 Å². The van der Waals surface area contributed by atoms with E-state index in [1.165, 1.54) is 0 Å². The third-order valence-electron chi connectivity index (χ3n) is 3.22. The molecule has 0 aliphatic heterocycles. The average Bonchev–Trinajstić information content (AvgIpc) is 2.45. The largest absolute Gasteiger partial charge is 0.497 e. The number of hydrogen-bond acceptors (Lipinski definition) is 4. The van der Waals surface area contributed by atoms with Gasteiger partial charge in [-0.1, -0.05) is 13.0 Å². The highest BCUT2D eigenvalue weighted by Gasteiger charge is 2.29. The van der Waals surface area contributed by atoms with Crippen LogP contribution in [-0.4, -0.2) is 31.7 Å². The van der Waals surface area contributed by atoms with Crippen LogP contribution in [0.3, 0.4) is 0 Å². The topological polar surface area (TPSA) is 73.6 Å². The van der Waals surface area contributed by atoms with Gasteiger partial charge < -0.3 is 20.5 Å². The molecule has 5 heteroatoms. The van der Waals surface area contributed by atoms with Gasteiger partial charge in [0.2, 0.25) is 5.91 Å². The SMILES string of the molecule is CCCNC(C)(CCOc1cccc(OC)c1)C(N)=O. The smallest absolute Gasteiger partial charge is 0.237 e. The summed E-state index contributed by atoms with van der Waals surface area (Å²) in [4.78, 5) is 11.6. The van der Waals surface area contributed by atoms with Crippen molar-refractivity contribution in [2.45, 2.75) is 32.2 Å². The number of benzene rings is 1. The van der Waals surface area contributed by atoms with E-state index < -0.39 is 5.54 Å². The zero-order chi connectivity index (χ0) is 15.0. The van der Waals surface area contributed by atoms with Crippen LogP contribution in [-0.2, 0) is 4.79 Å². The molecule has 1 aromatic rings. The minimum absolute atomic E-state index is 0.361. The van der Waals surface area contributed by atoms with Crippen molar-refractivity contribution < 1.29 is 14.3 Å². The molecule has 0 saturated carbocycles. The van der Waals surface area contributed by atoms with E-state index in [4.69, 9.17) is 15.2 Å². The highest BCUT2D eigenvalue weighted by atomic mass is 16.5. The molecule has 0 fully saturated rings. The molecular weight excluding hydrogens is 256 g/mol. The van der Waals surface area contributed by atoms with Crippen molar-refractivity contribution in [3.63, 3.8) is 0 Å². The van der Waals surface area contributed by atoms with Crippen molar-refractivity contribution in [2.24, 2.45) is 5.73 Å². The molecule has 5 nitrogen and oxygen atoms in total. The van der Waals surface area contributed by atoms with E-state index in [0.717, 1.165) is 18.7 Å². The van der Waals surface area contributed by atoms with E-state index in [1.807, 2.05) is 25.1 Å². The Morgan fingerprint density at radius 1 is 1.40 bits per heavy atom. The fraction of sp³-hybridized carbons (Fsp3) is 0.533. The predicted octanol–water partition coefficient (Wildman–Crippen LogP) is 1.71. The first kappa shape index (κ1) is 16.3. The molecule has 0 aromatic heterocycles. The van der Waals surface area contributed by atoms with Gasteiger partial charge in [0.05, 0.1) is 19.3 Å².